The number of benzene rings is 1. The van der Waals surface area contributed by atoms with E-state index < -0.39 is 11.9 Å². The smallest absolute Gasteiger partial charge is 0.333 e. The minimum Gasteiger partial charge on any atom is -0.478 e. The van der Waals surface area contributed by atoms with Gasteiger partial charge in [-0.15, -0.1) is 0 Å². The summed E-state index contributed by atoms with van der Waals surface area (Å²) in [5, 5.41) is 20.1. The molecule has 3 atom stereocenters. The molecule has 0 aliphatic carbocycles. The molecule has 1 saturated heterocycles. The third-order valence-corrected chi connectivity index (χ3v) is 6.38. The number of hydrogen-bond acceptors (Lipinski definition) is 3. The molecule has 2 heterocycles. The van der Waals surface area contributed by atoms with Gasteiger partial charge in [-0.05, 0) is 31.4 Å². The van der Waals surface area contributed by atoms with Gasteiger partial charge in [0.2, 0.25) is 0 Å². The molecule has 26 heavy (non-hydrogen) atoms. The molecule has 1 aromatic carbocycles. The van der Waals surface area contributed by atoms with Crippen molar-refractivity contribution in [3.05, 3.63) is 56.3 Å². The lowest BCUT2D eigenvalue weighted by molar-refractivity contribution is -0.133. The number of carboxylic acids is 2. The third kappa shape index (κ3) is 2.70. The van der Waals surface area contributed by atoms with Gasteiger partial charge in [0.05, 0.1) is 21.2 Å². The van der Waals surface area contributed by atoms with Crippen molar-refractivity contribution >= 4 is 35.1 Å². The number of aliphatic carboxylic acids is 2. The van der Waals surface area contributed by atoms with Gasteiger partial charge in [0.25, 0.3) is 0 Å². The van der Waals surface area contributed by atoms with Crippen LogP contribution in [0.1, 0.15) is 38.7 Å². The van der Waals surface area contributed by atoms with E-state index in [9.17, 15) is 19.8 Å². The van der Waals surface area contributed by atoms with Gasteiger partial charge in [-0.25, -0.2) is 9.59 Å². The second-order valence-corrected chi connectivity index (χ2v) is 7.59. The first-order chi connectivity index (χ1) is 12.2. The highest BCUT2D eigenvalue weighted by molar-refractivity contribution is 6.42. The van der Waals surface area contributed by atoms with Crippen molar-refractivity contribution in [1.82, 2.24) is 4.90 Å². The lowest BCUT2D eigenvalue weighted by atomic mass is 9.83. The Hall–Kier alpha value is -1.98. The number of allylic oxidation sites excluding steroid dienone is 2. The highest BCUT2D eigenvalue weighted by atomic mass is 35.5. The molecule has 3 rings (SSSR count). The zero-order valence-corrected chi connectivity index (χ0v) is 16.1. The molecule has 138 valence electrons. The number of fused-ring (bicyclic) bond motifs is 1. The van der Waals surface area contributed by atoms with E-state index in [4.69, 9.17) is 23.2 Å². The van der Waals surface area contributed by atoms with Crippen LogP contribution in [0.25, 0.3) is 0 Å². The molecule has 2 N–H and O–H groups in total. The Morgan fingerprint density at radius 2 is 1.73 bits per heavy atom. The number of carbonyl (C=O) groups is 2. The van der Waals surface area contributed by atoms with E-state index in [1.165, 1.54) is 0 Å². The van der Waals surface area contributed by atoms with Gasteiger partial charge in [-0.2, -0.15) is 0 Å². The fraction of sp³-hybridized carbons (Fsp3) is 0.368. The first-order valence-electron chi connectivity index (χ1n) is 8.29. The number of nitrogens with zero attached hydrogens (tertiary/aromatic N) is 1. The Labute approximate surface area is 161 Å². The van der Waals surface area contributed by atoms with E-state index in [0.29, 0.717) is 21.4 Å². The zero-order valence-electron chi connectivity index (χ0n) is 14.6. The largest absolute Gasteiger partial charge is 0.478 e. The van der Waals surface area contributed by atoms with E-state index >= 15 is 0 Å². The number of carboxylic acid groups (broad SMARTS) is 2. The first-order valence-corrected chi connectivity index (χ1v) is 9.04. The summed E-state index contributed by atoms with van der Waals surface area (Å²) < 4.78 is 0. The molecule has 2 aliphatic rings. The molecule has 0 bridgehead atoms. The van der Waals surface area contributed by atoms with Crippen LogP contribution in [0.5, 0.6) is 0 Å². The van der Waals surface area contributed by atoms with Crippen LogP contribution < -0.4 is 0 Å². The average molecular weight is 396 g/mol. The summed E-state index contributed by atoms with van der Waals surface area (Å²) in [6.07, 6.45) is -0.115. The van der Waals surface area contributed by atoms with Gasteiger partial charge >= 0.3 is 11.9 Å². The standard InChI is InChI=1S/C19H19Cl2NO4/c1-8-9(2)22-10(3)12(18(23)24)7-13(19(25)26)17(22)15(8)11-5-4-6-14(20)16(11)21/h4-6,8-9,15H,7H2,1-3H3,(H,23,24)(H,25,26). The van der Waals surface area contributed by atoms with Crippen molar-refractivity contribution in [3.8, 4) is 0 Å². The summed E-state index contributed by atoms with van der Waals surface area (Å²) in [6.45, 7) is 5.72. The predicted molar refractivity (Wildman–Crippen MR) is 99.3 cm³/mol. The Kier molecular flexibility index (Phi) is 4.80. The van der Waals surface area contributed by atoms with Gasteiger partial charge in [-0.3, -0.25) is 0 Å². The predicted octanol–water partition coefficient (Wildman–Crippen LogP) is 4.52. The topological polar surface area (TPSA) is 77.8 Å². The summed E-state index contributed by atoms with van der Waals surface area (Å²) in [5.41, 5.74) is 2.18. The van der Waals surface area contributed by atoms with Crippen LogP contribution in [0.2, 0.25) is 10.0 Å². The van der Waals surface area contributed by atoms with Gasteiger partial charge in [0.15, 0.2) is 0 Å². The molecule has 1 aromatic rings. The molecular formula is C19H19Cl2NO4. The third-order valence-electron chi connectivity index (χ3n) is 5.54. The average Bonchev–Trinajstić information content (AvgIpc) is 2.82. The van der Waals surface area contributed by atoms with Gasteiger partial charge in [-0.1, -0.05) is 42.3 Å². The van der Waals surface area contributed by atoms with Crippen molar-refractivity contribution in [2.75, 3.05) is 0 Å². The SMILES string of the molecule is CC1=C(C(=O)O)CC(C(=O)O)=C2C(c3cccc(Cl)c3Cl)C(C)C(C)N12. The maximum Gasteiger partial charge on any atom is 0.333 e. The van der Waals surface area contributed by atoms with Crippen molar-refractivity contribution in [1.29, 1.82) is 0 Å². The summed E-state index contributed by atoms with van der Waals surface area (Å²) in [7, 11) is 0. The second-order valence-electron chi connectivity index (χ2n) is 6.81. The summed E-state index contributed by atoms with van der Waals surface area (Å²) in [4.78, 5) is 25.4. The molecule has 7 heteroatoms. The van der Waals surface area contributed by atoms with Crippen LogP contribution in [0, 0.1) is 5.92 Å². The van der Waals surface area contributed by atoms with Crippen LogP contribution in [0.3, 0.4) is 0 Å². The first kappa shape index (κ1) is 18.8. The van der Waals surface area contributed by atoms with E-state index in [1.807, 2.05) is 24.8 Å². The Morgan fingerprint density at radius 3 is 2.31 bits per heavy atom. The van der Waals surface area contributed by atoms with Gasteiger partial charge in [0.1, 0.15) is 0 Å². The minimum absolute atomic E-state index is 0.0263. The van der Waals surface area contributed by atoms with Crippen molar-refractivity contribution in [3.63, 3.8) is 0 Å². The quantitative estimate of drug-likeness (QED) is 0.786. The summed E-state index contributed by atoms with van der Waals surface area (Å²) in [5.74, 6) is -2.45. The van der Waals surface area contributed by atoms with Crippen LogP contribution in [-0.4, -0.2) is 33.1 Å². The van der Waals surface area contributed by atoms with Crippen LogP contribution in [0.15, 0.2) is 40.7 Å². The number of rotatable bonds is 3. The zero-order chi connectivity index (χ0) is 19.3. The maximum absolute atomic E-state index is 12.0. The molecule has 0 spiro atoms. The van der Waals surface area contributed by atoms with Crippen LogP contribution >= 0.6 is 23.2 Å². The van der Waals surface area contributed by atoms with E-state index in [0.717, 1.165) is 5.56 Å². The van der Waals surface area contributed by atoms with Crippen molar-refractivity contribution in [2.45, 2.75) is 39.2 Å². The molecule has 0 aromatic heterocycles. The molecule has 0 saturated carbocycles. The second kappa shape index (κ2) is 6.63. The Bertz CT molecular complexity index is 874. The highest BCUT2D eigenvalue weighted by Crippen LogP contribution is 2.52. The van der Waals surface area contributed by atoms with E-state index in [2.05, 4.69) is 0 Å². The fourth-order valence-corrected chi connectivity index (χ4v) is 4.52. The molecule has 0 amide bonds. The lowest BCUT2D eigenvalue weighted by Gasteiger charge is -2.33. The summed E-state index contributed by atoms with van der Waals surface area (Å²) >= 11 is 12.6. The molecule has 2 aliphatic heterocycles. The Balaban J connectivity index is 2.26. The molecule has 1 fully saturated rings. The van der Waals surface area contributed by atoms with Crippen molar-refractivity contribution < 1.29 is 19.8 Å². The molecule has 3 unspecified atom stereocenters. The maximum atomic E-state index is 12.0. The minimum atomic E-state index is -1.11. The highest BCUT2D eigenvalue weighted by Gasteiger charge is 2.47. The number of halogens is 2. The fourth-order valence-electron chi connectivity index (χ4n) is 4.10. The van der Waals surface area contributed by atoms with Crippen LogP contribution in [-0.2, 0) is 9.59 Å². The lowest BCUT2D eigenvalue weighted by Crippen LogP contribution is -2.33. The molecule has 0 radical (unpaired) electrons. The van der Waals surface area contributed by atoms with E-state index in [1.54, 1.807) is 19.1 Å². The molecule has 5 nitrogen and oxygen atoms in total. The monoisotopic (exact) mass is 395 g/mol. The summed E-state index contributed by atoms with van der Waals surface area (Å²) in [6, 6.07) is 5.26. The van der Waals surface area contributed by atoms with E-state index in [-0.39, 0.29) is 35.4 Å². The van der Waals surface area contributed by atoms with Crippen molar-refractivity contribution in [2.24, 2.45) is 5.92 Å². The normalized spacial score (nSPS) is 25.6. The van der Waals surface area contributed by atoms with Crippen LogP contribution in [0.4, 0.5) is 0 Å². The molecular weight excluding hydrogens is 377 g/mol. The van der Waals surface area contributed by atoms with Gasteiger partial charge in [0, 0.05) is 29.8 Å². The Morgan fingerprint density at radius 1 is 1.12 bits per heavy atom. The van der Waals surface area contributed by atoms with Gasteiger partial charge < -0.3 is 15.1 Å². The number of hydrogen-bond donors (Lipinski definition) is 2.